The van der Waals surface area contributed by atoms with Gasteiger partial charge in [-0.2, -0.15) is 0 Å². The van der Waals surface area contributed by atoms with Crippen LogP contribution in [0.5, 0.6) is 0 Å². The van der Waals surface area contributed by atoms with Crippen molar-refractivity contribution in [3.8, 4) is 0 Å². The van der Waals surface area contributed by atoms with Crippen LogP contribution in [0.1, 0.15) is 33.1 Å². The maximum atomic E-state index is 11.2. The fraction of sp³-hybridized carbons (Fsp3) is 0.857. The summed E-state index contributed by atoms with van der Waals surface area (Å²) >= 11 is 0. The normalized spacial score (nSPS) is 36.5. The number of fused-ring (bicyclic) bond motifs is 1. The van der Waals surface area contributed by atoms with Crippen LogP contribution in [0.4, 0.5) is 0 Å². The predicted octanol–water partition coefficient (Wildman–Crippen LogP) is 0.677. The smallest absolute Gasteiger partial charge is 0.328 e. The minimum Gasteiger partial charge on any atom is -0.480 e. The Labute approximate surface area is 119 Å². The van der Waals surface area contributed by atoms with Crippen LogP contribution in [0.15, 0.2) is 4.99 Å². The summed E-state index contributed by atoms with van der Waals surface area (Å²) in [5.74, 6) is 0.563. The number of carbonyl (C=O) groups is 1. The molecule has 0 aromatic heterocycles. The van der Waals surface area contributed by atoms with Crippen molar-refractivity contribution in [1.82, 2.24) is 10.2 Å². The Hall–Kier alpha value is -1.14. The molecule has 3 heterocycles. The molecule has 3 aliphatic heterocycles. The third-order valence-electron chi connectivity index (χ3n) is 4.44. The average Bonchev–Trinajstić information content (AvgIpc) is 2.71. The van der Waals surface area contributed by atoms with Gasteiger partial charge in [-0.3, -0.25) is 10.3 Å². The first kappa shape index (κ1) is 13.8. The predicted molar refractivity (Wildman–Crippen MR) is 74.7 cm³/mol. The summed E-state index contributed by atoms with van der Waals surface area (Å²) in [6.07, 6.45) is 3.05. The van der Waals surface area contributed by atoms with Crippen molar-refractivity contribution in [2.24, 2.45) is 10.9 Å². The Kier molecular flexibility index (Phi) is 3.69. The lowest BCUT2D eigenvalue weighted by Crippen LogP contribution is -2.48. The summed E-state index contributed by atoms with van der Waals surface area (Å²) in [6.45, 7) is 6.02. The first-order valence-corrected chi connectivity index (χ1v) is 7.51. The number of hydrogen-bond donors (Lipinski definition) is 2. The van der Waals surface area contributed by atoms with Gasteiger partial charge in [-0.1, -0.05) is 13.8 Å². The van der Waals surface area contributed by atoms with Crippen molar-refractivity contribution in [3.63, 3.8) is 0 Å². The van der Waals surface area contributed by atoms with Gasteiger partial charge >= 0.3 is 5.97 Å². The molecule has 6 nitrogen and oxygen atoms in total. The zero-order valence-electron chi connectivity index (χ0n) is 12.1. The van der Waals surface area contributed by atoms with Gasteiger partial charge in [0.25, 0.3) is 0 Å². The molecule has 3 aliphatic rings. The molecule has 2 saturated heterocycles. The number of carboxylic acids is 1. The van der Waals surface area contributed by atoms with E-state index in [4.69, 9.17) is 4.74 Å². The summed E-state index contributed by atoms with van der Waals surface area (Å²) in [7, 11) is 0. The van der Waals surface area contributed by atoms with E-state index in [1.807, 2.05) is 0 Å². The molecule has 0 aromatic carbocycles. The van der Waals surface area contributed by atoms with E-state index in [1.165, 1.54) is 0 Å². The lowest BCUT2D eigenvalue weighted by molar-refractivity contribution is -0.138. The zero-order valence-corrected chi connectivity index (χ0v) is 12.1. The highest BCUT2D eigenvalue weighted by molar-refractivity contribution is 5.93. The molecule has 0 saturated carbocycles. The van der Waals surface area contributed by atoms with Crippen LogP contribution >= 0.6 is 0 Å². The largest absolute Gasteiger partial charge is 0.480 e. The Morgan fingerprint density at radius 1 is 1.50 bits per heavy atom. The maximum absolute atomic E-state index is 11.2. The molecule has 2 N–H and O–H groups in total. The second-order valence-electron chi connectivity index (χ2n) is 6.26. The fourth-order valence-electron chi connectivity index (χ4n) is 3.22. The number of aliphatic imine (C=N–C) groups is 1. The molecule has 3 unspecified atom stereocenters. The molecule has 4 atom stereocenters. The minimum absolute atomic E-state index is 0.207. The van der Waals surface area contributed by atoms with Gasteiger partial charge in [-0.15, -0.1) is 0 Å². The highest BCUT2D eigenvalue weighted by Crippen LogP contribution is 2.28. The molecule has 6 heteroatoms. The molecule has 0 spiro atoms. The number of rotatable bonds is 4. The van der Waals surface area contributed by atoms with Gasteiger partial charge < -0.3 is 14.7 Å². The summed E-state index contributed by atoms with van der Waals surface area (Å²) in [5, 5.41) is 12.8. The SMILES string of the molecule is CC(C)C1NC2CCC(C(=O)O)N=C2N1C[C@@H]1CCO1. The van der Waals surface area contributed by atoms with Crippen molar-refractivity contribution < 1.29 is 14.6 Å². The van der Waals surface area contributed by atoms with Crippen LogP contribution in [0, 0.1) is 5.92 Å². The number of nitrogens with zero attached hydrogens (tertiary/aromatic N) is 2. The summed E-state index contributed by atoms with van der Waals surface area (Å²) in [4.78, 5) is 17.9. The Morgan fingerprint density at radius 3 is 2.80 bits per heavy atom. The molecule has 0 aliphatic carbocycles. The lowest BCUT2D eigenvalue weighted by atomic mass is 10.0. The Bertz CT molecular complexity index is 420. The number of aliphatic carboxylic acids is 1. The van der Waals surface area contributed by atoms with Crippen LogP contribution in [-0.2, 0) is 9.53 Å². The number of carboxylic acid groups (broad SMARTS) is 1. The summed E-state index contributed by atoms with van der Waals surface area (Å²) < 4.78 is 5.53. The van der Waals surface area contributed by atoms with Crippen molar-refractivity contribution >= 4 is 11.8 Å². The Morgan fingerprint density at radius 2 is 2.25 bits per heavy atom. The molecule has 2 fully saturated rings. The van der Waals surface area contributed by atoms with Gasteiger partial charge in [-0.05, 0) is 25.2 Å². The fourth-order valence-corrected chi connectivity index (χ4v) is 3.22. The van der Waals surface area contributed by atoms with E-state index in [0.717, 1.165) is 31.8 Å². The lowest BCUT2D eigenvalue weighted by Gasteiger charge is -2.36. The van der Waals surface area contributed by atoms with Crippen LogP contribution in [0.3, 0.4) is 0 Å². The van der Waals surface area contributed by atoms with Crippen LogP contribution in [-0.4, -0.2) is 59.3 Å². The number of hydrogen-bond acceptors (Lipinski definition) is 5. The standard InChI is InChI=1S/C14H23N3O3/c1-8(2)12-15-10-3-4-11(14(18)19)16-13(10)17(12)7-9-5-6-20-9/h8-12,15H,3-7H2,1-2H3,(H,18,19)/t9-,10?,11?,12?/m0/s1. The first-order valence-electron chi connectivity index (χ1n) is 7.51. The van der Waals surface area contributed by atoms with E-state index in [0.29, 0.717) is 12.3 Å². The molecular formula is C14H23N3O3. The van der Waals surface area contributed by atoms with Gasteiger partial charge in [0.1, 0.15) is 11.9 Å². The second kappa shape index (κ2) is 5.33. The molecule has 0 amide bonds. The van der Waals surface area contributed by atoms with E-state index in [1.54, 1.807) is 0 Å². The second-order valence-corrected chi connectivity index (χ2v) is 6.26. The van der Waals surface area contributed by atoms with Crippen molar-refractivity contribution in [1.29, 1.82) is 0 Å². The number of amidine groups is 1. The van der Waals surface area contributed by atoms with Gasteiger partial charge in [-0.25, -0.2) is 4.79 Å². The van der Waals surface area contributed by atoms with Gasteiger partial charge in [0, 0.05) is 13.2 Å². The van der Waals surface area contributed by atoms with E-state index < -0.39 is 12.0 Å². The molecule has 3 rings (SSSR count). The van der Waals surface area contributed by atoms with Gasteiger partial charge in [0.2, 0.25) is 0 Å². The summed E-state index contributed by atoms with van der Waals surface area (Å²) in [5.41, 5.74) is 0. The van der Waals surface area contributed by atoms with Crippen molar-refractivity contribution in [2.75, 3.05) is 13.2 Å². The topological polar surface area (TPSA) is 74.2 Å². The quantitative estimate of drug-likeness (QED) is 0.792. The maximum Gasteiger partial charge on any atom is 0.328 e. The van der Waals surface area contributed by atoms with Crippen LogP contribution in [0.25, 0.3) is 0 Å². The molecule has 20 heavy (non-hydrogen) atoms. The number of nitrogens with one attached hydrogen (secondary N) is 1. The summed E-state index contributed by atoms with van der Waals surface area (Å²) in [6, 6.07) is -0.378. The highest BCUT2D eigenvalue weighted by Gasteiger charge is 2.43. The van der Waals surface area contributed by atoms with Crippen molar-refractivity contribution in [3.05, 3.63) is 0 Å². The third-order valence-corrected chi connectivity index (χ3v) is 4.44. The minimum atomic E-state index is -0.816. The molecule has 0 radical (unpaired) electrons. The van der Waals surface area contributed by atoms with Crippen molar-refractivity contribution in [2.45, 2.75) is 57.5 Å². The Balaban J connectivity index is 1.81. The molecular weight excluding hydrogens is 258 g/mol. The molecule has 112 valence electrons. The van der Waals surface area contributed by atoms with E-state index in [-0.39, 0.29) is 18.3 Å². The first-order chi connectivity index (χ1) is 9.56. The molecule has 0 aromatic rings. The van der Waals surface area contributed by atoms with Gasteiger partial charge in [0.15, 0.2) is 0 Å². The number of ether oxygens (including phenoxy) is 1. The van der Waals surface area contributed by atoms with Crippen LogP contribution < -0.4 is 5.32 Å². The van der Waals surface area contributed by atoms with E-state index >= 15 is 0 Å². The van der Waals surface area contributed by atoms with Gasteiger partial charge in [0.05, 0.1) is 18.3 Å². The van der Waals surface area contributed by atoms with E-state index in [9.17, 15) is 9.90 Å². The van der Waals surface area contributed by atoms with E-state index in [2.05, 4.69) is 29.1 Å². The molecule has 0 bridgehead atoms. The third kappa shape index (κ3) is 2.42. The average molecular weight is 281 g/mol. The van der Waals surface area contributed by atoms with Crippen LogP contribution in [0.2, 0.25) is 0 Å². The monoisotopic (exact) mass is 281 g/mol. The highest BCUT2D eigenvalue weighted by atomic mass is 16.5. The zero-order chi connectivity index (χ0) is 14.3.